The molecule has 0 aliphatic rings. The summed E-state index contributed by atoms with van der Waals surface area (Å²) in [4.78, 5) is 24.5. The van der Waals surface area contributed by atoms with E-state index in [9.17, 15) is 9.59 Å². The van der Waals surface area contributed by atoms with E-state index in [1.165, 1.54) is 0 Å². The fraction of sp³-hybridized carbons (Fsp3) is 0.250. The van der Waals surface area contributed by atoms with Gasteiger partial charge in [0.25, 0.3) is 11.8 Å². The van der Waals surface area contributed by atoms with Crippen molar-refractivity contribution in [1.29, 1.82) is 0 Å². The van der Waals surface area contributed by atoms with Gasteiger partial charge in [-0.25, -0.2) is 0 Å². The van der Waals surface area contributed by atoms with Gasteiger partial charge in [0.2, 0.25) is 0 Å². The molecule has 0 atom stereocenters. The predicted octanol–water partition coefficient (Wildman–Crippen LogP) is 4.11. The van der Waals surface area contributed by atoms with E-state index < -0.39 is 0 Å². The second-order valence-electron chi connectivity index (χ2n) is 6.19. The van der Waals surface area contributed by atoms with Crippen LogP contribution in [0.5, 0.6) is 5.75 Å². The molecule has 0 aliphatic carbocycles. The van der Waals surface area contributed by atoms with Gasteiger partial charge in [0.1, 0.15) is 5.75 Å². The van der Waals surface area contributed by atoms with E-state index in [0.717, 1.165) is 4.47 Å². The Kier molecular flexibility index (Phi) is 7.95. The van der Waals surface area contributed by atoms with E-state index >= 15 is 0 Å². The number of anilines is 1. The largest absolute Gasteiger partial charge is 0.493 e. The lowest BCUT2D eigenvalue weighted by molar-refractivity contribution is 0.0941. The van der Waals surface area contributed by atoms with Gasteiger partial charge in [-0.15, -0.1) is 0 Å². The Morgan fingerprint density at radius 1 is 1.11 bits per heavy atom. The SMILES string of the molecule is CCOc1ccc(Br)cc1C(=O)NC(=S)Nc1ccc(C(=O)NC(C)C)cc1. The van der Waals surface area contributed by atoms with Gasteiger partial charge in [-0.3, -0.25) is 14.9 Å². The molecule has 2 aromatic rings. The van der Waals surface area contributed by atoms with Crippen LogP contribution in [0.2, 0.25) is 0 Å². The van der Waals surface area contributed by atoms with E-state index in [1.807, 2.05) is 20.8 Å². The van der Waals surface area contributed by atoms with Crippen LogP contribution in [0, 0.1) is 0 Å². The summed E-state index contributed by atoms with van der Waals surface area (Å²) in [6.07, 6.45) is 0. The minimum Gasteiger partial charge on any atom is -0.493 e. The highest BCUT2D eigenvalue weighted by molar-refractivity contribution is 9.10. The Hall–Kier alpha value is -2.45. The maximum absolute atomic E-state index is 12.5. The van der Waals surface area contributed by atoms with Crippen LogP contribution in [0.3, 0.4) is 0 Å². The van der Waals surface area contributed by atoms with E-state index in [-0.39, 0.29) is 23.0 Å². The third-order valence-electron chi connectivity index (χ3n) is 3.54. The van der Waals surface area contributed by atoms with Crippen LogP contribution >= 0.6 is 28.1 Å². The summed E-state index contributed by atoms with van der Waals surface area (Å²) in [5, 5.41) is 8.54. The molecule has 148 valence electrons. The normalized spacial score (nSPS) is 10.3. The minimum atomic E-state index is -0.379. The highest BCUT2D eigenvalue weighted by Gasteiger charge is 2.15. The number of rotatable bonds is 6. The lowest BCUT2D eigenvalue weighted by Gasteiger charge is -2.13. The summed E-state index contributed by atoms with van der Waals surface area (Å²) >= 11 is 8.57. The number of hydrogen-bond acceptors (Lipinski definition) is 4. The van der Waals surface area contributed by atoms with E-state index in [2.05, 4.69) is 31.9 Å². The Balaban J connectivity index is 2.01. The summed E-state index contributed by atoms with van der Waals surface area (Å²) < 4.78 is 6.25. The lowest BCUT2D eigenvalue weighted by Crippen LogP contribution is -2.34. The number of ether oxygens (including phenoxy) is 1. The van der Waals surface area contributed by atoms with Crippen molar-refractivity contribution in [3.8, 4) is 5.75 Å². The molecule has 6 nitrogen and oxygen atoms in total. The van der Waals surface area contributed by atoms with Gasteiger partial charge in [-0.2, -0.15) is 0 Å². The lowest BCUT2D eigenvalue weighted by atomic mass is 10.2. The fourth-order valence-electron chi connectivity index (χ4n) is 2.34. The molecule has 8 heteroatoms. The zero-order valence-electron chi connectivity index (χ0n) is 15.8. The molecule has 2 amide bonds. The summed E-state index contributed by atoms with van der Waals surface area (Å²) in [7, 11) is 0. The Morgan fingerprint density at radius 3 is 2.39 bits per heavy atom. The number of carbonyl (C=O) groups is 2. The van der Waals surface area contributed by atoms with Crippen LogP contribution in [-0.4, -0.2) is 29.6 Å². The molecule has 0 saturated carbocycles. The van der Waals surface area contributed by atoms with Gasteiger partial charge < -0.3 is 15.4 Å². The first-order valence-electron chi connectivity index (χ1n) is 8.75. The molecule has 0 aromatic heterocycles. The number of hydrogen-bond donors (Lipinski definition) is 3. The minimum absolute atomic E-state index is 0.0627. The molecule has 0 radical (unpaired) electrons. The molecule has 0 bridgehead atoms. The fourth-order valence-corrected chi connectivity index (χ4v) is 2.92. The highest BCUT2D eigenvalue weighted by Crippen LogP contribution is 2.23. The van der Waals surface area contributed by atoms with Crippen molar-refractivity contribution in [2.75, 3.05) is 11.9 Å². The molecule has 0 heterocycles. The molecule has 0 unspecified atom stereocenters. The number of halogens is 1. The quantitative estimate of drug-likeness (QED) is 0.561. The van der Waals surface area contributed by atoms with Crippen molar-refractivity contribution >= 4 is 50.8 Å². The number of benzene rings is 2. The second kappa shape index (κ2) is 10.2. The molecule has 0 aliphatic heterocycles. The molecule has 0 fully saturated rings. The Bertz CT molecular complexity index is 869. The summed E-state index contributed by atoms with van der Waals surface area (Å²) in [6.45, 7) is 6.09. The van der Waals surface area contributed by atoms with Gasteiger partial charge in [0.05, 0.1) is 12.2 Å². The van der Waals surface area contributed by atoms with Gasteiger partial charge in [0.15, 0.2) is 5.11 Å². The van der Waals surface area contributed by atoms with Crippen molar-refractivity contribution in [1.82, 2.24) is 10.6 Å². The predicted molar refractivity (Wildman–Crippen MR) is 118 cm³/mol. The molecule has 28 heavy (non-hydrogen) atoms. The first-order valence-corrected chi connectivity index (χ1v) is 9.96. The van der Waals surface area contributed by atoms with E-state index in [1.54, 1.807) is 42.5 Å². The molecule has 0 saturated heterocycles. The van der Waals surface area contributed by atoms with E-state index in [0.29, 0.717) is 29.2 Å². The first kappa shape index (κ1) is 21.8. The first-order chi connectivity index (χ1) is 13.3. The van der Waals surface area contributed by atoms with Crippen molar-refractivity contribution in [3.05, 3.63) is 58.1 Å². The smallest absolute Gasteiger partial charge is 0.261 e. The van der Waals surface area contributed by atoms with Crippen molar-refractivity contribution in [3.63, 3.8) is 0 Å². The maximum atomic E-state index is 12.5. The van der Waals surface area contributed by atoms with Gasteiger partial charge >= 0.3 is 0 Å². The molecule has 3 N–H and O–H groups in total. The topological polar surface area (TPSA) is 79.5 Å². The summed E-state index contributed by atoms with van der Waals surface area (Å²) in [6, 6.07) is 12.1. The average molecular weight is 464 g/mol. The molecular formula is C20H22BrN3O3S. The number of amides is 2. The summed E-state index contributed by atoms with van der Waals surface area (Å²) in [5.74, 6) is -0.0442. The third kappa shape index (κ3) is 6.31. The monoisotopic (exact) mass is 463 g/mol. The standard InChI is InChI=1S/C20H22BrN3O3S/c1-4-27-17-10-7-14(21)11-16(17)19(26)24-20(28)23-15-8-5-13(6-9-15)18(25)22-12(2)3/h5-12H,4H2,1-3H3,(H,22,25)(H2,23,24,26,28). The van der Waals surface area contributed by atoms with Crippen LogP contribution in [0.4, 0.5) is 5.69 Å². The molecular weight excluding hydrogens is 442 g/mol. The highest BCUT2D eigenvalue weighted by atomic mass is 79.9. The van der Waals surface area contributed by atoms with Crippen molar-refractivity contribution in [2.24, 2.45) is 0 Å². The van der Waals surface area contributed by atoms with Crippen LogP contribution in [0.1, 0.15) is 41.5 Å². The molecule has 2 rings (SSSR count). The zero-order valence-corrected chi connectivity index (χ0v) is 18.2. The van der Waals surface area contributed by atoms with Crippen LogP contribution < -0.4 is 20.7 Å². The second-order valence-corrected chi connectivity index (χ2v) is 7.51. The van der Waals surface area contributed by atoms with Crippen molar-refractivity contribution < 1.29 is 14.3 Å². The molecule has 2 aromatic carbocycles. The van der Waals surface area contributed by atoms with Crippen molar-refractivity contribution in [2.45, 2.75) is 26.8 Å². The van der Waals surface area contributed by atoms with Gasteiger partial charge in [-0.05, 0) is 75.5 Å². The van der Waals surface area contributed by atoms with Gasteiger partial charge in [0, 0.05) is 21.8 Å². The number of nitrogens with one attached hydrogen (secondary N) is 3. The third-order valence-corrected chi connectivity index (χ3v) is 4.24. The number of thiocarbonyl (C=S) groups is 1. The van der Waals surface area contributed by atoms with E-state index in [4.69, 9.17) is 17.0 Å². The maximum Gasteiger partial charge on any atom is 0.261 e. The molecule has 0 spiro atoms. The van der Waals surface area contributed by atoms with Crippen LogP contribution in [0.25, 0.3) is 0 Å². The zero-order chi connectivity index (χ0) is 20.7. The Labute approximate surface area is 178 Å². The number of carbonyl (C=O) groups excluding carboxylic acids is 2. The Morgan fingerprint density at radius 2 is 1.79 bits per heavy atom. The van der Waals surface area contributed by atoms with Gasteiger partial charge in [-0.1, -0.05) is 15.9 Å². The van der Waals surface area contributed by atoms with Crippen LogP contribution in [0.15, 0.2) is 46.9 Å². The average Bonchev–Trinajstić information content (AvgIpc) is 2.63. The van der Waals surface area contributed by atoms with Crippen LogP contribution in [-0.2, 0) is 0 Å². The summed E-state index contributed by atoms with van der Waals surface area (Å²) in [5.41, 5.74) is 1.58.